The van der Waals surface area contributed by atoms with E-state index in [9.17, 15) is 9.59 Å². The number of rotatable bonds is 5. The largest absolute Gasteiger partial charge is 0.480 e. The fraction of sp³-hybridized carbons (Fsp3) is 0.615. The van der Waals surface area contributed by atoms with Gasteiger partial charge in [-0.15, -0.1) is 0 Å². The van der Waals surface area contributed by atoms with Crippen LogP contribution in [0.15, 0.2) is 12.4 Å². The second-order valence-electron chi connectivity index (χ2n) is 5.14. The van der Waals surface area contributed by atoms with Crippen LogP contribution in [0.1, 0.15) is 26.2 Å². The first kappa shape index (κ1) is 14.4. The fourth-order valence-electron chi connectivity index (χ4n) is 2.52. The Kier molecular flexibility index (Phi) is 4.60. The molecule has 7 heteroatoms. The average Bonchev–Trinajstić information content (AvgIpc) is 2.99. The van der Waals surface area contributed by atoms with E-state index in [1.54, 1.807) is 4.90 Å². The second-order valence-corrected chi connectivity index (χ2v) is 5.14. The molecule has 1 aromatic rings. The molecule has 1 aromatic heterocycles. The average molecular weight is 280 g/mol. The van der Waals surface area contributed by atoms with Gasteiger partial charge in [0, 0.05) is 19.3 Å². The number of likely N-dealkylation sites (tertiary alicyclic amines) is 1. The fourth-order valence-corrected chi connectivity index (χ4v) is 2.52. The maximum atomic E-state index is 12.1. The van der Waals surface area contributed by atoms with E-state index < -0.39 is 5.97 Å². The summed E-state index contributed by atoms with van der Waals surface area (Å²) in [4.78, 5) is 24.4. The molecule has 0 aromatic carbocycles. The van der Waals surface area contributed by atoms with Gasteiger partial charge in [-0.1, -0.05) is 13.3 Å². The molecule has 1 atom stereocenters. The van der Waals surface area contributed by atoms with Gasteiger partial charge < -0.3 is 15.3 Å². The van der Waals surface area contributed by atoms with E-state index in [0.29, 0.717) is 11.6 Å². The van der Waals surface area contributed by atoms with Crippen LogP contribution in [0.25, 0.3) is 0 Å². The number of aliphatic carboxylic acids is 1. The van der Waals surface area contributed by atoms with E-state index in [4.69, 9.17) is 5.11 Å². The Labute approximate surface area is 117 Å². The first-order valence-corrected chi connectivity index (χ1v) is 6.88. The van der Waals surface area contributed by atoms with E-state index in [0.717, 1.165) is 32.4 Å². The lowest BCUT2D eigenvalue weighted by atomic mass is 10.0. The molecular weight excluding hydrogens is 260 g/mol. The lowest BCUT2D eigenvalue weighted by molar-refractivity contribution is -0.137. The Morgan fingerprint density at radius 3 is 3.05 bits per heavy atom. The third-order valence-corrected chi connectivity index (χ3v) is 3.45. The van der Waals surface area contributed by atoms with Crippen molar-refractivity contribution in [2.24, 2.45) is 5.92 Å². The Balaban J connectivity index is 1.85. The molecule has 20 heavy (non-hydrogen) atoms. The van der Waals surface area contributed by atoms with Crippen molar-refractivity contribution in [1.29, 1.82) is 0 Å². The van der Waals surface area contributed by atoms with Crippen molar-refractivity contribution in [3.63, 3.8) is 0 Å². The van der Waals surface area contributed by atoms with Crippen LogP contribution in [0.2, 0.25) is 0 Å². The van der Waals surface area contributed by atoms with Gasteiger partial charge in [0.15, 0.2) is 0 Å². The number of carbonyl (C=O) groups excluding carboxylic acids is 1. The summed E-state index contributed by atoms with van der Waals surface area (Å²) in [5.41, 5.74) is 0.523. The van der Waals surface area contributed by atoms with Gasteiger partial charge in [-0.05, 0) is 18.8 Å². The molecule has 1 aliphatic rings. The van der Waals surface area contributed by atoms with Gasteiger partial charge in [0.1, 0.15) is 6.54 Å². The highest BCUT2D eigenvalue weighted by Crippen LogP contribution is 2.21. The van der Waals surface area contributed by atoms with Crippen molar-refractivity contribution in [1.82, 2.24) is 14.7 Å². The summed E-state index contributed by atoms with van der Waals surface area (Å²) in [6.45, 7) is 3.51. The third kappa shape index (κ3) is 3.72. The number of nitrogens with one attached hydrogen (secondary N) is 1. The topological polar surface area (TPSA) is 87.5 Å². The van der Waals surface area contributed by atoms with Gasteiger partial charge in [-0.2, -0.15) is 5.10 Å². The minimum absolute atomic E-state index is 0.140. The van der Waals surface area contributed by atoms with Gasteiger partial charge in [0.05, 0.1) is 11.9 Å². The summed E-state index contributed by atoms with van der Waals surface area (Å²) in [7, 11) is 0. The minimum atomic E-state index is -0.965. The summed E-state index contributed by atoms with van der Waals surface area (Å²) >= 11 is 0. The molecule has 1 aliphatic heterocycles. The van der Waals surface area contributed by atoms with Crippen molar-refractivity contribution in [2.75, 3.05) is 18.4 Å². The molecule has 1 saturated heterocycles. The van der Waals surface area contributed by atoms with Crippen LogP contribution < -0.4 is 5.32 Å². The predicted octanol–water partition coefficient (Wildman–Crippen LogP) is 1.62. The number of aromatic nitrogens is 2. The number of hydrogen-bond donors (Lipinski definition) is 2. The van der Waals surface area contributed by atoms with Crippen molar-refractivity contribution in [3.05, 3.63) is 12.4 Å². The Hall–Kier alpha value is -2.05. The van der Waals surface area contributed by atoms with Crippen LogP contribution in [0.5, 0.6) is 0 Å². The molecule has 2 rings (SSSR count). The van der Waals surface area contributed by atoms with Gasteiger partial charge in [-0.3, -0.25) is 9.48 Å². The van der Waals surface area contributed by atoms with Crippen LogP contribution in [0.4, 0.5) is 10.5 Å². The van der Waals surface area contributed by atoms with E-state index in [1.807, 2.05) is 0 Å². The van der Waals surface area contributed by atoms with Crippen molar-refractivity contribution in [2.45, 2.75) is 32.7 Å². The molecule has 0 spiro atoms. The van der Waals surface area contributed by atoms with Gasteiger partial charge in [0.2, 0.25) is 0 Å². The van der Waals surface area contributed by atoms with E-state index >= 15 is 0 Å². The Morgan fingerprint density at radius 1 is 1.55 bits per heavy atom. The van der Waals surface area contributed by atoms with Crippen LogP contribution in [-0.2, 0) is 11.3 Å². The molecule has 1 fully saturated rings. The van der Waals surface area contributed by atoms with Crippen LogP contribution >= 0.6 is 0 Å². The lowest BCUT2D eigenvalue weighted by Gasteiger charge is -2.16. The zero-order chi connectivity index (χ0) is 14.5. The Bertz CT molecular complexity index is 486. The van der Waals surface area contributed by atoms with Gasteiger partial charge in [-0.25, -0.2) is 4.79 Å². The summed E-state index contributed by atoms with van der Waals surface area (Å²) in [6, 6.07) is -0.140. The number of carbonyl (C=O) groups is 2. The standard InChI is InChI=1S/C13H20N4O3/c1-2-3-10-4-5-16(7-10)13(20)15-11-6-14-17(8-11)9-12(18)19/h6,8,10H,2-5,7,9H2,1H3,(H,15,20)(H,18,19). The summed E-state index contributed by atoms with van der Waals surface area (Å²) in [5, 5.41) is 15.3. The number of urea groups is 1. The molecule has 0 bridgehead atoms. The maximum Gasteiger partial charge on any atom is 0.325 e. The zero-order valence-corrected chi connectivity index (χ0v) is 11.6. The number of hydrogen-bond acceptors (Lipinski definition) is 3. The molecule has 0 radical (unpaired) electrons. The van der Waals surface area contributed by atoms with Crippen LogP contribution in [-0.4, -0.2) is 44.9 Å². The highest BCUT2D eigenvalue weighted by Gasteiger charge is 2.25. The van der Waals surface area contributed by atoms with Gasteiger partial charge in [0.25, 0.3) is 0 Å². The number of anilines is 1. The third-order valence-electron chi connectivity index (χ3n) is 3.45. The van der Waals surface area contributed by atoms with Crippen molar-refractivity contribution in [3.8, 4) is 0 Å². The first-order chi connectivity index (χ1) is 9.58. The molecule has 2 amide bonds. The highest BCUT2D eigenvalue weighted by atomic mass is 16.4. The van der Waals surface area contributed by atoms with Gasteiger partial charge >= 0.3 is 12.0 Å². The summed E-state index contributed by atoms with van der Waals surface area (Å²) in [5.74, 6) is -0.367. The normalized spacial score (nSPS) is 18.2. The molecule has 2 heterocycles. The van der Waals surface area contributed by atoms with E-state index in [-0.39, 0.29) is 12.6 Å². The molecule has 2 N–H and O–H groups in total. The quantitative estimate of drug-likeness (QED) is 0.858. The summed E-state index contributed by atoms with van der Waals surface area (Å²) in [6.07, 6.45) is 6.33. The second kappa shape index (κ2) is 6.40. The van der Waals surface area contributed by atoms with Crippen LogP contribution in [0.3, 0.4) is 0 Å². The van der Waals surface area contributed by atoms with E-state index in [2.05, 4.69) is 17.3 Å². The van der Waals surface area contributed by atoms with Crippen molar-refractivity contribution >= 4 is 17.7 Å². The smallest absolute Gasteiger partial charge is 0.325 e. The van der Waals surface area contributed by atoms with Crippen LogP contribution in [0, 0.1) is 5.92 Å². The molecular formula is C13H20N4O3. The van der Waals surface area contributed by atoms with E-state index in [1.165, 1.54) is 17.1 Å². The number of amides is 2. The molecule has 0 saturated carbocycles. The summed E-state index contributed by atoms with van der Waals surface area (Å²) < 4.78 is 1.28. The molecule has 110 valence electrons. The predicted molar refractivity (Wildman–Crippen MR) is 73.5 cm³/mol. The number of nitrogens with zero attached hydrogens (tertiary/aromatic N) is 3. The molecule has 0 aliphatic carbocycles. The molecule has 1 unspecified atom stereocenters. The Morgan fingerprint density at radius 2 is 2.35 bits per heavy atom. The minimum Gasteiger partial charge on any atom is -0.480 e. The number of carboxylic acids is 1. The SMILES string of the molecule is CCCC1CCN(C(=O)Nc2cnn(CC(=O)O)c2)C1. The monoisotopic (exact) mass is 280 g/mol. The highest BCUT2D eigenvalue weighted by molar-refractivity contribution is 5.89. The number of carboxylic acid groups (broad SMARTS) is 1. The van der Waals surface area contributed by atoms with Crippen molar-refractivity contribution < 1.29 is 14.7 Å². The maximum absolute atomic E-state index is 12.1. The zero-order valence-electron chi connectivity index (χ0n) is 11.6. The first-order valence-electron chi connectivity index (χ1n) is 6.88. The lowest BCUT2D eigenvalue weighted by Crippen LogP contribution is -2.32. The molecule has 7 nitrogen and oxygen atoms in total.